The van der Waals surface area contributed by atoms with Gasteiger partial charge in [-0.2, -0.15) is 0 Å². The molecule has 7 heteroatoms. The zero-order chi connectivity index (χ0) is 17.6. The average Bonchev–Trinajstić information content (AvgIpc) is 3.18. The summed E-state index contributed by atoms with van der Waals surface area (Å²) in [5.41, 5.74) is 1.69. The number of carbonyl (C=O) groups is 2. The van der Waals surface area contributed by atoms with Gasteiger partial charge in [-0.05, 0) is 18.1 Å². The van der Waals surface area contributed by atoms with Crippen LogP contribution in [0.5, 0.6) is 0 Å². The molecule has 2 aliphatic rings. The molecule has 25 heavy (non-hydrogen) atoms. The fourth-order valence-corrected chi connectivity index (χ4v) is 2.88. The molecule has 1 aromatic rings. The van der Waals surface area contributed by atoms with E-state index in [-0.39, 0.29) is 19.3 Å². The third kappa shape index (κ3) is 4.37. The van der Waals surface area contributed by atoms with Crippen LogP contribution in [-0.2, 0) is 30.3 Å². The van der Waals surface area contributed by atoms with E-state index in [9.17, 15) is 9.59 Å². The van der Waals surface area contributed by atoms with E-state index in [1.165, 1.54) is 6.08 Å². The molecule has 3 atom stereocenters. The molecule has 0 aliphatic carbocycles. The van der Waals surface area contributed by atoms with E-state index >= 15 is 0 Å². The fourth-order valence-electron chi connectivity index (χ4n) is 2.88. The maximum absolute atomic E-state index is 12.0. The summed E-state index contributed by atoms with van der Waals surface area (Å²) in [5, 5.41) is 2.70. The molecule has 2 aliphatic heterocycles. The lowest BCUT2D eigenvalue weighted by molar-refractivity contribution is -0.137. The molecule has 2 saturated heterocycles. The van der Waals surface area contributed by atoms with Gasteiger partial charge in [0.1, 0.15) is 12.2 Å². The number of rotatable bonds is 5. The van der Waals surface area contributed by atoms with Gasteiger partial charge in [0.15, 0.2) is 6.10 Å². The van der Waals surface area contributed by atoms with E-state index in [0.717, 1.165) is 5.56 Å². The Kier molecular flexibility index (Phi) is 5.67. The second-order valence-corrected chi connectivity index (χ2v) is 5.78. The molecule has 134 valence electrons. The van der Waals surface area contributed by atoms with E-state index in [4.69, 9.17) is 18.9 Å². The van der Waals surface area contributed by atoms with Crippen molar-refractivity contribution >= 4 is 12.1 Å². The molecular weight excluding hydrogens is 326 g/mol. The minimum absolute atomic E-state index is 0.230. The minimum Gasteiger partial charge on any atom is -0.463 e. The predicted octanol–water partition coefficient (Wildman–Crippen LogP) is 1.57. The first kappa shape index (κ1) is 17.4. The minimum atomic E-state index is -0.524. The lowest BCUT2D eigenvalue weighted by atomic mass is 10.1. The first-order valence-electron chi connectivity index (χ1n) is 8.26. The van der Waals surface area contributed by atoms with Crippen molar-refractivity contribution < 1.29 is 28.5 Å². The molecule has 1 N–H and O–H groups in total. The second kappa shape index (κ2) is 8.13. The maximum atomic E-state index is 12.0. The molecule has 0 spiro atoms. The van der Waals surface area contributed by atoms with Crippen LogP contribution < -0.4 is 5.32 Å². The molecular formula is C18H21NO6. The molecule has 1 aromatic carbocycles. The smallest absolute Gasteiger partial charge is 0.407 e. The van der Waals surface area contributed by atoms with Crippen LogP contribution in [0.15, 0.2) is 42.0 Å². The number of esters is 1. The van der Waals surface area contributed by atoms with Crippen LogP contribution >= 0.6 is 0 Å². The number of carbonyl (C=O) groups excluding carboxylic acids is 2. The van der Waals surface area contributed by atoms with Gasteiger partial charge in [0.05, 0.1) is 19.8 Å². The number of hydrogen-bond acceptors (Lipinski definition) is 6. The molecule has 2 fully saturated rings. The third-order valence-corrected chi connectivity index (χ3v) is 4.04. The van der Waals surface area contributed by atoms with Gasteiger partial charge in [0.2, 0.25) is 0 Å². The van der Waals surface area contributed by atoms with Crippen molar-refractivity contribution in [3.8, 4) is 0 Å². The molecule has 0 saturated carbocycles. The van der Waals surface area contributed by atoms with Crippen molar-refractivity contribution in [2.75, 3.05) is 19.8 Å². The van der Waals surface area contributed by atoms with Crippen LogP contribution in [0.3, 0.4) is 0 Å². The molecule has 0 unspecified atom stereocenters. The van der Waals surface area contributed by atoms with Gasteiger partial charge in [-0.15, -0.1) is 0 Å². The van der Waals surface area contributed by atoms with Gasteiger partial charge in [-0.3, -0.25) is 0 Å². The van der Waals surface area contributed by atoms with Gasteiger partial charge < -0.3 is 24.3 Å². The molecule has 2 heterocycles. The lowest BCUT2D eigenvalue weighted by Crippen LogP contribution is -2.36. The summed E-state index contributed by atoms with van der Waals surface area (Å²) in [6.07, 6.45) is -0.413. The maximum Gasteiger partial charge on any atom is 0.407 e. The number of nitrogens with one attached hydrogen (secondary N) is 1. The third-order valence-electron chi connectivity index (χ3n) is 4.04. The number of ether oxygens (including phenoxy) is 4. The normalized spacial score (nSPS) is 26.3. The number of fused-ring (bicyclic) bond motifs is 1. The van der Waals surface area contributed by atoms with E-state index in [1.807, 2.05) is 30.3 Å². The largest absolute Gasteiger partial charge is 0.463 e. The van der Waals surface area contributed by atoms with Crippen LogP contribution in [0.4, 0.5) is 4.79 Å². The van der Waals surface area contributed by atoms with Gasteiger partial charge in [0.25, 0.3) is 0 Å². The Hall–Kier alpha value is -2.38. The monoisotopic (exact) mass is 347 g/mol. The lowest BCUT2D eigenvalue weighted by Gasteiger charge is -2.16. The molecule has 0 radical (unpaired) electrons. The fraction of sp³-hybridized carbons (Fsp3) is 0.444. The van der Waals surface area contributed by atoms with Gasteiger partial charge >= 0.3 is 12.1 Å². The van der Waals surface area contributed by atoms with Crippen molar-refractivity contribution in [2.45, 2.75) is 31.8 Å². The number of alkyl carbamates (subject to hydrolysis) is 1. The Bertz CT molecular complexity index is 644. The van der Waals surface area contributed by atoms with E-state index < -0.39 is 24.3 Å². The van der Waals surface area contributed by atoms with Crippen LogP contribution in [0.25, 0.3) is 0 Å². The SMILES string of the molecule is CCOC(=O)/C=C1\CO[C@@H]2[C@@H](OC(=O)NCc3ccccc3)CO[C@H]12. The summed E-state index contributed by atoms with van der Waals surface area (Å²) in [6, 6.07) is 9.56. The standard InChI is InChI=1S/C18H21NO6/c1-2-22-15(20)8-13-10-23-17-14(11-24-16(13)17)25-18(21)19-9-12-6-4-3-5-7-12/h3-8,14,16-17H,2,9-11H2,1H3,(H,19,21)/b13-8+/t14-,16+,17+/m0/s1. The summed E-state index contributed by atoms with van der Waals surface area (Å²) in [5.74, 6) is -0.421. The summed E-state index contributed by atoms with van der Waals surface area (Å²) >= 11 is 0. The highest BCUT2D eigenvalue weighted by molar-refractivity contribution is 5.83. The first-order valence-corrected chi connectivity index (χ1v) is 8.26. The zero-order valence-corrected chi connectivity index (χ0v) is 14.0. The Morgan fingerprint density at radius 2 is 2.08 bits per heavy atom. The van der Waals surface area contributed by atoms with Gasteiger partial charge in [0, 0.05) is 12.6 Å². The average molecular weight is 347 g/mol. The van der Waals surface area contributed by atoms with E-state index in [0.29, 0.717) is 18.7 Å². The Labute approximate surface area is 145 Å². The highest BCUT2D eigenvalue weighted by atomic mass is 16.6. The van der Waals surface area contributed by atoms with Gasteiger partial charge in [-0.1, -0.05) is 30.3 Å². The van der Waals surface area contributed by atoms with Crippen LogP contribution in [-0.4, -0.2) is 50.2 Å². The van der Waals surface area contributed by atoms with Crippen LogP contribution in [0, 0.1) is 0 Å². The summed E-state index contributed by atoms with van der Waals surface area (Å²) in [6.45, 7) is 2.93. The van der Waals surface area contributed by atoms with Crippen LogP contribution in [0.2, 0.25) is 0 Å². The quantitative estimate of drug-likeness (QED) is 0.643. The molecule has 1 amide bonds. The molecule has 0 aromatic heterocycles. The topological polar surface area (TPSA) is 83.1 Å². The molecule has 0 bridgehead atoms. The van der Waals surface area contributed by atoms with Crippen molar-refractivity contribution in [3.63, 3.8) is 0 Å². The number of benzene rings is 1. The van der Waals surface area contributed by atoms with E-state index in [2.05, 4.69) is 5.32 Å². The van der Waals surface area contributed by atoms with Crippen molar-refractivity contribution in [1.82, 2.24) is 5.32 Å². The van der Waals surface area contributed by atoms with Crippen molar-refractivity contribution in [2.24, 2.45) is 0 Å². The summed E-state index contributed by atoms with van der Waals surface area (Å²) < 4.78 is 21.6. The zero-order valence-electron chi connectivity index (χ0n) is 14.0. The van der Waals surface area contributed by atoms with E-state index in [1.54, 1.807) is 6.92 Å². The summed E-state index contributed by atoms with van der Waals surface area (Å²) in [4.78, 5) is 23.5. The van der Waals surface area contributed by atoms with Gasteiger partial charge in [-0.25, -0.2) is 9.59 Å². The predicted molar refractivity (Wildman–Crippen MR) is 87.7 cm³/mol. The Morgan fingerprint density at radius 1 is 1.28 bits per heavy atom. The highest BCUT2D eigenvalue weighted by Gasteiger charge is 2.47. The summed E-state index contributed by atoms with van der Waals surface area (Å²) in [7, 11) is 0. The van der Waals surface area contributed by atoms with Crippen molar-refractivity contribution in [1.29, 1.82) is 0 Å². The molecule has 3 rings (SSSR count). The number of amides is 1. The Morgan fingerprint density at radius 3 is 2.84 bits per heavy atom. The van der Waals surface area contributed by atoms with Crippen molar-refractivity contribution in [3.05, 3.63) is 47.5 Å². The number of hydrogen-bond donors (Lipinski definition) is 1. The second-order valence-electron chi connectivity index (χ2n) is 5.78. The molecule has 7 nitrogen and oxygen atoms in total. The first-order chi connectivity index (χ1) is 12.2. The van der Waals surface area contributed by atoms with Crippen LogP contribution in [0.1, 0.15) is 12.5 Å². The highest BCUT2D eigenvalue weighted by Crippen LogP contribution is 2.32. The Balaban J connectivity index is 1.50.